The summed E-state index contributed by atoms with van der Waals surface area (Å²) in [5.41, 5.74) is 0.208. The first kappa shape index (κ1) is 24.5. The van der Waals surface area contributed by atoms with Crippen molar-refractivity contribution in [3.8, 4) is 0 Å². The average Bonchev–Trinajstić information content (AvgIpc) is 3.15. The molecule has 1 aliphatic carbocycles. The first-order valence-corrected chi connectivity index (χ1v) is 11.8. The molecule has 0 amide bonds. The van der Waals surface area contributed by atoms with Crippen molar-refractivity contribution in [2.45, 2.75) is 81.3 Å². The zero-order valence-electron chi connectivity index (χ0n) is 16.8. The second kappa shape index (κ2) is 11.0. The molecule has 0 spiro atoms. The molecular formula is C20H29F3N2O4S. The van der Waals surface area contributed by atoms with E-state index in [1.165, 1.54) is 12.1 Å². The number of unbranched alkanes of at least 4 members (excludes halogenated alkanes) is 4. The zero-order chi connectivity index (χ0) is 22.2. The quantitative estimate of drug-likeness (QED) is 0.393. The Morgan fingerprint density at radius 3 is 2.33 bits per heavy atom. The van der Waals surface area contributed by atoms with Crippen LogP contribution in [0.25, 0.3) is 0 Å². The van der Waals surface area contributed by atoms with E-state index in [1.54, 1.807) is 0 Å². The molecule has 6 nitrogen and oxygen atoms in total. The molecular weight excluding hydrogens is 421 g/mol. The second-order valence-corrected chi connectivity index (χ2v) is 9.36. The summed E-state index contributed by atoms with van der Waals surface area (Å²) in [6, 6.07) is 3.79. The number of aromatic carboxylic acids is 1. The molecule has 0 aliphatic heterocycles. The van der Waals surface area contributed by atoms with Crippen LogP contribution in [0.5, 0.6) is 0 Å². The van der Waals surface area contributed by atoms with Gasteiger partial charge < -0.3 is 10.4 Å². The van der Waals surface area contributed by atoms with Gasteiger partial charge in [0.15, 0.2) is 0 Å². The van der Waals surface area contributed by atoms with Crippen molar-refractivity contribution in [3.05, 3.63) is 23.8 Å². The van der Waals surface area contributed by atoms with Crippen molar-refractivity contribution in [2.24, 2.45) is 0 Å². The molecule has 0 radical (unpaired) electrons. The maximum Gasteiger partial charge on any atom is 0.389 e. The highest BCUT2D eigenvalue weighted by Gasteiger charge is 2.27. The number of benzene rings is 1. The Balaban J connectivity index is 1.92. The van der Waals surface area contributed by atoms with Crippen LogP contribution in [0.3, 0.4) is 0 Å². The average molecular weight is 451 g/mol. The van der Waals surface area contributed by atoms with E-state index in [2.05, 4.69) is 10.0 Å². The minimum atomic E-state index is -4.11. The molecule has 2 rings (SSSR count). The minimum absolute atomic E-state index is 0.0977. The predicted octanol–water partition coefficient (Wildman–Crippen LogP) is 4.92. The predicted molar refractivity (Wildman–Crippen MR) is 108 cm³/mol. The molecule has 1 aromatic rings. The number of carbonyl (C=O) groups is 1. The molecule has 0 atom stereocenters. The van der Waals surface area contributed by atoms with E-state index in [9.17, 15) is 31.5 Å². The van der Waals surface area contributed by atoms with Crippen LogP contribution in [0, 0.1) is 0 Å². The van der Waals surface area contributed by atoms with Crippen LogP contribution >= 0.6 is 0 Å². The molecule has 0 aromatic heterocycles. The number of hydrogen-bond donors (Lipinski definition) is 3. The Bertz CT molecular complexity index is 807. The maximum absolute atomic E-state index is 12.8. The van der Waals surface area contributed by atoms with E-state index >= 15 is 0 Å². The number of rotatable bonds is 12. The second-order valence-electron chi connectivity index (χ2n) is 7.68. The van der Waals surface area contributed by atoms with Crippen LogP contribution < -0.4 is 10.0 Å². The van der Waals surface area contributed by atoms with Gasteiger partial charge in [-0.25, -0.2) is 17.9 Å². The number of anilines is 1. The Morgan fingerprint density at radius 2 is 1.70 bits per heavy atom. The van der Waals surface area contributed by atoms with E-state index < -0.39 is 28.6 Å². The molecule has 170 valence electrons. The first-order chi connectivity index (χ1) is 14.1. The molecule has 0 heterocycles. The standard InChI is InChI=1S/C20H29F3N2O4S/c21-20(22,23)12-6-2-1-3-7-13-24-17-11-10-15(19(26)27)14-18(17)30(28,29)25-16-8-4-5-9-16/h10-11,14,16,24-25H,1-9,12-13H2,(H,26,27). The lowest BCUT2D eigenvalue weighted by atomic mass is 10.1. The summed E-state index contributed by atoms with van der Waals surface area (Å²) in [5, 5.41) is 12.2. The molecule has 0 saturated heterocycles. The van der Waals surface area contributed by atoms with Crippen LogP contribution in [0.2, 0.25) is 0 Å². The third-order valence-electron chi connectivity index (χ3n) is 5.15. The van der Waals surface area contributed by atoms with E-state index in [-0.39, 0.29) is 22.9 Å². The third-order valence-corrected chi connectivity index (χ3v) is 6.71. The number of carboxylic acid groups (broad SMARTS) is 1. The molecule has 10 heteroatoms. The lowest BCUT2D eigenvalue weighted by molar-refractivity contribution is -0.135. The monoisotopic (exact) mass is 450 g/mol. The van der Waals surface area contributed by atoms with Crippen molar-refractivity contribution in [1.82, 2.24) is 4.72 Å². The molecule has 0 unspecified atom stereocenters. The normalized spacial score (nSPS) is 15.4. The lowest BCUT2D eigenvalue weighted by Crippen LogP contribution is -2.33. The number of sulfonamides is 1. The topological polar surface area (TPSA) is 95.5 Å². The molecule has 3 N–H and O–H groups in total. The molecule has 0 bridgehead atoms. The smallest absolute Gasteiger partial charge is 0.389 e. The van der Waals surface area contributed by atoms with E-state index in [0.717, 1.165) is 38.2 Å². The van der Waals surface area contributed by atoms with Gasteiger partial charge in [0.05, 0.1) is 11.3 Å². The number of hydrogen-bond acceptors (Lipinski definition) is 4. The van der Waals surface area contributed by atoms with Crippen molar-refractivity contribution in [2.75, 3.05) is 11.9 Å². The molecule has 1 aliphatic rings. The van der Waals surface area contributed by atoms with Crippen molar-refractivity contribution >= 4 is 21.7 Å². The Kier molecular flexibility index (Phi) is 8.96. The molecule has 1 aromatic carbocycles. The van der Waals surface area contributed by atoms with Gasteiger partial charge >= 0.3 is 12.1 Å². The van der Waals surface area contributed by atoms with Gasteiger partial charge in [-0.05, 0) is 43.9 Å². The maximum atomic E-state index is 12.8. The number of carboxylic acids is 1. The Labute approximate surface area is 175 Å². The number of nitrogens with one attached hydrogen (secondary N) is 2. The van der Waals surface area contributed by atoms with Crippen LogP contribution in [-0.2, 0) is 10.0 Å². The number of alkyl halides is 3. The summed E-state index contributed by atoms with van der Waals surface area (Å²) in [7, 11) is -3.88. The Hall–Kier alpha value is -1.81. The highest BCUT2D eigenvalue weighted by Crippen LogP contribution is 2.26. The van der Waals surface area contributed by atoms with Crippen LogP contribution in [-0.4, -0.2) is 38.3 Å². The summed E-state index contributed by atoms with van der Waals surface area (Å²) >= 11 is 0. The van der Waals surface area contributed by atoms with Crippen LogP contribution in [0.4, 0.5) is 18.9 Å². The van der Waals surface area contributed by atoms with Crippen molar-refractivity contribution < 1.29 is 31.5 Å². The fourth-order valence-corrected chi connectivity index (χ4v) is 5.07. The SMILES string of the molecule is O=C(O)c1ccc(NCCCCCCCC(F)(F)F)c(S(=O)(=O)NC2CCCC2)c1. The lowest BCUT2D eigenvalue weighted by Gasteiger charge is -2.17. The highest BCUT2D eigenvalue weighted by atomic mass is 32.2. The van der Waals surface area contributed by atoms with Crippen molar-refractivity contribution in [1.29, 1.82) is 0 Å². The summed E-state index contributed by atoms with van der Waals surface area (Å²) < 4.78 is 64.7. The largest absolute Gasteiger partial charge is 0.478 e. The summed E-state index contributed by atoms with van der Waals surface area (Å²) in [6.07, 6.45) is 1.22. The summed E-state index contributed by atoms with van der Waals surface area (Å²) in [6.45, 7) is 0.442. The van der Waals surface area contributed by atoms with Gasteiger partial charge in [-0.1, -0.05) is 32.1 Å². The van der Waals surface area contributed by atoms with Gasteiger partial charge in [-0.2, -0.15) is 13.2 Å². The van der Waals surface area contributed by atoms with E-state index in [1.807, 2.05) is 0 Å². The first-order valence-electron chi connectivity index (χ1n) is 10.3. The molecule has 1 fully saturated rings. The van der Waals surface area contributed by atoms with E-state index in [0.29, 0.717) is 31.5 Å². The van der Waals surface area contributed by atoms with Gasteiger partial charge in [0.2, 0.25) is 10.0 Å². The van der Waals surface area contributed by atoms with Crippen molar-refractivity contribution in [3.63, 3.8) is 0 Å². The van der Waals surface area contributed by atoms with Gasteiger partial charge in [0, 0.05) is 19.0 Å². The number of halogens is 3. The summed E-state index contributed by atoms with van der Waals surface area (Å²) in [4.78, 5) is 11.2. The van der Waals surface area contributed by atoms with Gasteiger partial charge in [-0.15, -0.1) is 0 Å². The van der Waals surface area contributed by atoms with Crippen LogP contribution in [0.15, 0.2) is 23.1 Å². The van der Waals surface area contributed by atoms with Gasteiger partial charge in [0.1, 0.15) is 4.90 Å². The van der Waals surface area contributed by atoms with Gasteiger partial charge in [0.25, 0.3) is 0 Å². The van der Waals surface area contributed by atoms with E-state index in [4.69, 9.17) is 0 Å². The summed E-state index contributed by atoms with van der Waals surface area (Å²) in [5.74, 6) is -1.21. The van der Waals surface area contributed by atoms with Crippen LogP contribution in [0.1, 0.15) is 74.6 Å². The minimum Gasteiger partial charge on any atom is -0.478 e. The fourth-order valence-electron chi connectivity index (χ4n) is 3.55. The molecule has 1 saturated carbocycles. The third kappa shape index (κ3) is 8.14. The highest BCUT2D eigenvalue weighted by molar-refractivity contribution is 7.89. The fraction of sp³-hybridized carbons (Fsp3) is 0.650. The zero-order valence-corrected chi connectivity index (χ0v) is 17.6. The van der Waals surface area contributed by atoms with Gasteiger partial charge in [-0.3, -0.25) is 0 Å². The molecule has 30 heavy (non-hydrogen) atoms. The Morgan fingerprint density at radius 1 is 1.07 bits per heavy atom.